The molecule has 2 N–H and O–H groups in total. The molecule has 0 spiro atoms. The summed E-state index contributed by atoms with van der Waals surface area (Å²) in [5, 5.41) is 16.0. The molecule has 2 aromatic carbocycles. The van der Waals surface area contributed by atoms with Gasteiger partial charge in [-0.25, -0.2) is 0 Å². The third-order valence-corrected chi connectivity index (χ3v) is 6.62. The lowest BCUT2D eigenvalue weighted by molar-refractivity contribution is -0.113. The van der Waals surface area contributed by atoms with E-state index in [-0.39, 0.29) is 17.8 Å². The predicted octanol–water partition coefficient (Wildman–Crippen LogP) is 4.73. The Bertz CT molecular complexity index is 1110. The van der Waals surface area contributed by atoms with Crippen LogP contribution in [0, 0.1) is 20.8 Å². The number of nitrogens with one attached hydrogen (secondary N) is 2. The van der Waals surface area contributed by atoms with Crippen molar-refractivity contribution in [3.05, 3.63) is 65.0 Å². The molecule has 3 aromatic rings. The SMILES string of the molecule is Cc1cccc(NC(=O)CSc2nnc(CNc3ccc(C)cc3C)n2C[C@@H]2CCCO2)c1. The highest BCUT2D eigenvalue weighted by Gasteiger charge is 2.21. The number of carbonyl (C=O) groups excluding carboxylic acids is 1. The number of benzene rings is 2. The molecule has 1 atom stereocenters. The van der Waals surface area contributed by atoms with Gasteiger partial charge in [0.15, 0.2) is 11.0 Å². The van der Waals surface area contributed by atoms with Gasteiger partial charge in [0.2, 0.25) is 5.91 Å². The standard InChI is InChI=1S/C25H31N5O2S/c1-17-6-4-7-20(13-17)27-24(31)16-33-25-29-28-23(30(25)15-21-8-5-11-32-21)14-26-22-10-9-18(2)12-19(22)3/h4,6-7,9-10,12-13,21,26H,5,8,11,14-16H2,1-3H3,(H,27,31)/t21-/m0/s1. The molecule has 7 nitrogen and oxygen atoms in total. The van der Waals surface area contributed by atoms with E-state index < -0.39 is 0 Å². The van der Waals surface area contributed by atoms with Crippen LogP contribution in [0.3, 0.4) is 0 Å². The second kappa shape index (κ2) is 10.9. The first-order valence-corrected chi connectivity index (χ1v) is 12.3. The quantitative estimate of drug-likeness (QED) is 0.445. The summed E-state index contributed by atoms with van der Waals surface area (Å²) in [4.78, 5) is 12.5. The minimum atomic E-state index is -0.0628. The number of ether oxygens (including phenoxy) is 1. The van der Waals surface area contributed by atoms with Crippen molar-refractivity contribution >= 4 is 29.0 Å². The lowest BCUT2D eigenvalue weighted by atomic mass is 10.1. The van der Waals surface area contributed by atoms with E-state index in [1.165, 1.54) is 22.9 Å². The number of rotatable bonds is 9. The summed E-state index contributed by atoms with van der Waals surface area (Å²) in [6.07, 6.45) is 2.26. The van der Waals surface area contributed by atoms with Crippen LogP contribution in [0.2, 0.25) is 0 Å². The molecule has 1 aliphatic rings. The average Bonchev–Trinajstić information content (AvgIpc) is 3.42. The highest BCUT2D eigenvalue weighted by atomic mass is 32.2. The molecule has 0 aliphatic carbocycles. The van der Waals surface area contributed by atoms with E-state index >= 15 is 0 Å². The Morgan fingerprint density at radius 3 is 2.76 bits per heavy atom. The van der Waals surface area contributed by atoms with Gasteiger partial charge in [-0.15, -0.1) is 10.2 Å². The van der Waals surface area contributed by atoms with E-state index in [1.54, 1.807) is 0 Å². The van der Waals surface area contributed by atoms with Crippen molar-refractivity contribution in [2.24, 2.45) is 0 Å². The van der Waals surface area contributed by atoms with Gasteiger partial charge in [0.25, 0.3) is 0 Å². The fourth-order valence-corrected chi connectivity index (χ4v) is 4.73. The minimum Gasteiger partial charge on any atom is -0.378 e. The molecular weight excluding hydrogens is 434 g/mol. The summed E-state index contributed by atoms with van der Waals surface area (Å²) in [6.45, 7) is 8.24. The Morgan fingerprint density at radius 1 is 1.15 bits per heavy atom. The summed E-state index contributed by atoms with van der Waals surface area (Å²) in [5.41, 5.74) is 5.43. The van der Waals surface area contributed by atoms with Crippen molar-refractivity contribution in [3.8, 4) is 0 Å². The second-order valence-corrected chi connectivity index (χ2v) is 9.47. The monoisotopic (exact) mass is 465 g/mol. The van der Waals surface area contributed by atoms with Gasteiger partial charge < -0.3 is 19.9 Å². The van der Waals surface area contributed by atoms with Crippen LogP contribution in [0.5, 0.6) is 0 Å². The molecule has 33 heavy (non-hydrogen) atoms. The fraction of sp³-hybridized carbons (Fsp3) is 0.400. The Balaban J connectivity index is 1.43. The molecule has 0 unspecified atom stereocenters. The smallest absolute Gasteiger partial charge is 0.234 e. The molecule has 0 radical (unpaired) electrons. The zero-order valence-corrected chi connectivity index (χ0v) is 20.2. The highest BCUT2D eigenvalue weighted by molar-refractivity contribution is 7.99. The van der Waals surface area contributed by atoms with Crippen LogP contribution in [0.15, 0.2) is 47.6 Å². The minimum absolute atomic E-state index is 0.0628. The van der Waals surface area contributed by atoms with E-state index in [0.717, 1.165) is 47.4 Å². The van der Waals surface area contributed by atoms with E-state index in [2.05, 4.69) is 57.4 Å². The Kier molecular flexibility index (Phi) is 7.67. The number of aryl methyl sites for hydroxylation is 3. The summed E-state index contributed by atoms with van der Waals surface area (Å²) < 4.78 is 7.96. The summed E-state index contributed by atoms with van der Waals surface area (Å²) in [7, 11) is 0. The Hall–Kier alpha value is -2.84. The first-order valence-electron chi connectivity index (χ1n) is 11.3. The van der Waals surface area contributed by atoms with Gasteiger partial charge in [0, 0.05) is 18.0 Å². The van der Waals surface area contributed by atoms with Crippen LogP contribution in [0.4, 0.5) is 11.4 Å². The van der Waals surface area contributed by atoms with E-state index in [1.807, 2.05) is 31.2 Å². The molecule has 1 saturated heterocycles. The Labute approximate surface area is 199 Å². The van der Waals surface area contributed by atoms with Gasteiger partial charge in [-0.3, -0.25) is 4.79 Å². The van der Waals surface area contributed by atoms with Crippen LogP contribution in [0.25, 0.3) is 0 Å². The van der Waals surface area contributed by atoms with Gasteiger partial charge in [-0.05, 0) is 62.9 Å². The summed E-state index contributed by atoms with van der Waals surface area (Å²) in [5.74, 6) is 1.04. The molecule has 0 bridgehead atoms. The zero-order chi connectivity index (χ0) is 23.2. The van der Waals surface area contributed by atoms with Crippen molar-refractivity contribution < 1.29 is 9.53 Å². The lowest BCUT2D eigenvalue weighted by Gasteiger charge is -2.16. The first-order chi connectivity index (χ1) is 16.0. The van der Waals surface area contributed by atoms with Gasteiger partial charge in [0.1, 0.15) is 0 Å². The normalized spacial score (nSPS) is 15.5. The van der Waals surface area contributed by atoms with E-state index in [9.17, 15) is 4.79 Å². The molecule has 2 heterocycles. The molecule has 1 aliphatic heterocycles. The zero-order valence-electron chi connectivity index (χ0n) is 19.4. The highest BCUT2D eigenvalue weighted by Crippen LogP contribution is 2.23. The van der Waals surface area contributed by atoms with Gasteiger partial charge in [-0.2, -0.15) is 0 Å². The van der Waals surface area contributed by atoms with Crippen molar-refractivity contribution in [3.63, 3.8) is 0 Å². The summed E-state index contributed by atoms with van der Waals surface area (Å²) in [6, 6.07) is 14.1. The third kappa shape index (κ3) is 6.36. The first kappa shape index (κ1) is 23.3. The number of amides is 1. The third-order valence-electron chi connectivity index (χ3n) is 5.66. The van der Waals surface area contributed by atoms with Crippen LogP contribution in [-0.2, 0) is 22.6 Å². The molecule has 4 rings (SSSR count). The molecule has 1 amide bonds. The molecule has 1 fully saturated rings. The van der Waals surface area contributed by atoms with Crippen LogP contribution >= 0.6 is 11.8 Å². The molecular formula is C25H31N5O2S. The lowest BCUT2D eigenvalue weighted by Crippen LogP contribution is -2.20. The maximum atomic E-state index is 12.5. The van der Waals surface area contributed by atoms with Gasteiger partial charge >= 0.3 is 0 Å². The number of hydrogen-bond donors (Lipinski definition) is 2. The fourth-order valence-electron chi connectivity index (χ4n) is 3.97. The maximum Gasteiger partial charge on any atom is 0.234 e. The number of aromatic nitrogens is 3. The number of anilines is 2. The maximum absolute atomic E-state index is 12.5. The van der Waals surface area contributed by atoms with Gasteiger partial charge in [-0.1, -0.05) is 41.6 Å². The van der Waals surface area contributed by atoms with Crippen LogP contribution in [0.1, 0.15) is 35.4 Å². The van der Waals surface area contributed by atoms with Crippen molar-refractivity contribution in [1.29, 1.82) is 0 Å². The molecule has 1 aromatic heterocycles. The van der Waals surface area contributed by atoms with Crippen molar-refractivity contribution in [1.82, 2.24) is 14.8 Å². The number of nitrogens with zero attached hydrogens (tertiary/aromatic N) is 3. The number of carbonyl (C=O) groups is 1. The predicted molar refractivity (Wildman–Crippen MR) is 133 cm³/mol. The second-order valence-electron chi connectivity index (χ2n) is 8.52. The molecule has 174 valence electrons. The number of hydrogen-bond acceptors (Lipinski definition) is 6. The topological polar surface area (TPSA) is 81.1 Å². The van der Waals surface area contributed by atoms with E-state index in [4.69, 9.17) is 4.74 Å². The largest absolute Gasteiger partial charge is 0.378 e. The molecule has 0 saturated carbocycles. The Morgan fingerprint density at radius 2 is 2.00 bits per heavy atom. The van der Waals surface area contributed by atoms with Crippen molar-refractivity contribution in [2.75, 3.05) is 23.0 Å². The van der Waals surface area contributed by atoms with Crippen LogP contribution < -0.4 is 10.6 Å². The average molecular weight is 466 g/mol. The summed E-state index contributed by atoms with van der Waals surface area (Å²) >= 11 is 1.40. The van der Waals surface area contributed by atoms with Crippen LogP contribution in [-0.4, -0.2) is 39.1 Å². The number of thioether (sulfide) groups is 1. The molecule has 8 heteroatoms. The van der Waals surface area contributed by atoms with Crippen molar-refractivity contribution in [2.45, 2.75) is 58.0 Å². The van der Waals surface area contributed by atoms with Gasteiger partial charge in [0.05, 0.1) is 24.9 Å². The van der Waals surface area contributed by atoms with E-state index in [0.29, 0.717) is 13.1 Å².